The number of carbonyl (C=O) groups excluding carboxylic acids is 1. The standard InChI is InChI=1S/C14H25N3O16P4/c18-14(11-16-12-6-5-7-13(10-12)17(19)20)15-8-3-1-2-4-9-30-35(24,25)32-37(28,29)33-36(26,27)31-34(21,22)23/h5-7,10,16H,1-4,8-9,11H2,(H,15,18)(H,24,25)(H,26,27)(H,28,29)(H2,21,22,23). The van der Waals surface area contributed by atoms with Crippen LogP contribution in [-0.4, -0.2) is 55.0 Å². The largest absolute Gasteiger partial charge is 0.490 e. The Morgan fingerprint density at radius 3 is 2.11 bits per heavy atom. The molecule has 7 N–H and O–H groups in total. The third-order valence-electron chi connectivity index (χ3n) is 3.78. The smallest absolute Gasteiger partial charge is 0.376 e. The molecule has 1 aromatic rings. The van der Waals surface area contributed by atoms with Crippen molar-refractivity contribution >= 4 is 48.6 Å². The molecule has 1 amide bonds. The molecule has 0 fully saturated rings. The minimum Gasteiger partial charge on any atom is -0.376 e. The highest BCUT2D eigenvalue weighted by molar-refractivity contribution is 7.69. The average molecular weight is 615 g/mol. The second kappa shape index (κ2) is 14.6. The van der Waals surface area contributed by atoms with Gasteiger partial charge in [0.15, 0.2) is 0 Å². The summed E-state index contributed by atoms with van der Waals surface area (Å²) < 4.78 is 59.9. The van der Waals surface area contributed by atoms with Crippen molar-refractivity contribution in [2.45, 2.75) is 25.7 Å². The lowest BCUT2D eigenvalue weighted by molar-refractivity contribution is -0.384. The van der Waals surface area contributed by atoms with Crippen LogP contribution in [0, 0.1) is 10.1 Å². The van der Waals surface area contributed by atoms with Gasteiger partial charge in [-0.3, -0.25) is 19.4 Å². The van der Waals surface area contributed by atoms with Crippen molar-refractivity contribution in [2.75, 3.05) is 25.0 Å². The number of phosphoric acid groups is 4. The topological polar surface area (TPSA) is 291 Å². The average Bonchev–Trinajstić information content (AvgIpc) is 2.70. The third-order valence-corrected chi connectivity index (χ3v) is 9.27. The number of unbranched alkanes of at least 4 members (excludes halogenated alkanes) is 3. The Morgan fingerprint density at radius 2 is 1.49 bits per heavy atom. The van der Waals surface area contributed by atoms with E-state index >= 15 is 0 Å². The molecule has 0 radical (unpaired) electrons. The van der Waals surface area contributed by atoms with Gasteiger partial charge in [0.05, 0.1) is 18.1 Å². The summed E-state index contributed by atoms with van der Waals surface area (Å²) in [6.45, 7) is -0.278. The number of nitro benzene ring substituents is 1. The number of phosphoric ester groups is 1. The molecule has 3 atom stereocenters. The number of nitrogens with zero attached hydrogens (tertiary/aromatic N) is 1. The Hall–Kier alpha value is -1.55. The Balaban J connectivity index is 2.23. The first kappa shape index (κ1) is 33.5. The molecular formula is C14H25N3O16P4. The van der Waals surface area contributed by atoms with Gasteiger partial charge >= 0.3 is 31.3 Å². The highest BCUT2D eigenvalue weighted by Crippen LogP contribution is 2.70. The monoisotopic (exact) mass is 615 g/mol. The molecule has 0 aromatic heterocycles. The van der Waals surface area contributed by atoms with Crippen molar-refractivity contribution in [3.63, 3.8) is 0 Å². The van der Waals surface area contributed by atoms with E-state index < -0.39 is 42.8 Å². The number of nitrogens with one attached hydrogen (secondary N) is 2. The van der Waals surface area contributed by atoms with Crippen molar-refractivity contribution < 1.29 is 69.9 Å². The lowest BCUT2D eigenvalue weighted by atomic mass is 10.2. The first-order chi connectivity index (χ1) is 16.9. The summed E-state index contributed by atoms with van der Waals surface area (Å²) >= 11 is 0. The second-order valence-electron chi connectivity index (χ2n) is 6.90. The molecule has 23 heteroatoms. The Morgan fingerprint density at radius 1 is 0.892 bits per heavy atom. The molecule has 1 rings (SSSR count). The molecule has 0 saturated carbocycles. The maximum atomic E-state index is 11.8. The van der Waals surface area contributed by atoms with E-state index in [-0.39, 0.29) is 24.6 Å². The quantitative estimate of drug-likeness (QED) is 0.0538. The molecule has 1 aromatic carbocycles. The number of non-ortho nitro benzene ring substituents is 1. The number of benzene rings is 1. The minimum absolute atomic E-state index is 0.115. The number of anilines is 1. The molecule has 0 aliphatic carbocycles. The molecule has 19 nitrogen and oxygen atoms in total. The van der Waals surface area contributed by atoms with Gasteiger partial charge in [-0.2, -0.15) is 12.9 Å². The van der Waals surface area contributed by atoms with Crippen LogP contribution in [-0.2, 0) is 40.5 Å². The highest BCUT2D eigenvalue weighted by atomic mass is 31.3. The summed E-state index contributed by atoms with van der Waals surface area (Å²) in [5.41, 5.74) is 0.277. The van der Waals surface area contributed by atoms with Crippen LogP contribution < -0.4 is 10.6 Å². The molecule has 37 heavy (non-hydrogen) atoms. The van der Waals surface area contributed by atoms with Gasteiger partial charge in [-0.1, -0.05) is 18.9 Å². The minimum atomic E-state index is -5.85. The maximum Gasteiger partial charge on any atom is 0.490 e. The van der Waals surface area contributed by atoms with E-state index in [4.69, 9.17) is 14.7 Å². The van der Waals surface area contributed by atoms with Crippen molar-refractivity contribution in [1.82, 2.24) is 5.32 Å². The molecule has 212 valence electrons. The van der Waals surface area contributed by atoms with Gasteiger partial charge in [0, 0.05) is 24.4 Å². The Labute approximate surface area is 209 Å². The molecule has 0 spiro atoms. The van der Waals surface area contributed by atoms with Crippen molar-refractivity contribution in [2.24, 2.45) is 0 Å². The summed E-state index contributed by atoms with van der Waals surface area (Å²) in [7, 11) is -22.6. The Bertz CT molecular complexity index is 1130. The first-order valence-electron chi connectivity index (χ1n) is 9.97. The van der Waals surface area contributed by atoms with Crippen molar-refractivity contribution in [3.05, 3.63) is 34.4 Å². The molecule has 3 unspecified atom stereocenters. The third kappa shape index (κ3) is 16.1. The van der Waals surface area contributed by atoms with Gasteiger partial charge < -0.3 is 35.1 Å². The van der Waals surface area contributed by atoms with E-state index in [9.17, 15) is 43.0 Å². The van der Waals surface area contributed by atoms with Crippen molar-refractivity contribution in [3.8, 4) is 0 Å². The summed E-state index contributed by atoms with van der Waals surface area (Å²) in [6.07, 6.45) is 1.64. The second-order valence-corrected chi connectivity index (χ2v) is 12.9. The normalized spacial score (nSPS) is 16.7. The SMILES string of the molecule is O=C(CNc1cccc([N+](=O)[O-])c1)NCCCCCCOP(=O)(O)OP(=O)(O)OP(=O)(O)OP(=O)(O)O. The van der Waals surface area contributed by atoms with Crippen molar-refractivity contribution in [1.29, 1.82) is 0 Å². The van der Waals surface area contributed by atoms with E-state index in [0.717, 1.165) is 0 Å². The molecule has 0 aliphatic heterocycles. The lowest BCUT2D eigenvalue weighted by Crippen LogP contribution is -2.30. The molecule has 0 saturated heterocycles. The molecule has 0 aliphatic rings. The van der Waals surface area contributed by atoms with E-state index in [1.165, 1.54) is 18.2 Å². The number of carbonyl (C=O) groups is 1. The van der Waals surface area contributed by atoms with E-state index in [1.807, 2.05) is 0 Å². The van der Waals surface area contributed by atoms with Crippen LogP contribution in [0.3, 0.4) is 0 Å². The summed E-state index contributed by atoms with van der Waals surface area (Å²) in [5.74, 6) is -0.359. The maximum absolute atomic E-state index is 11.8. The zero-order valence-corrected chi connectivity index (χ0v) is 22.3. The number of rotatable bonds is 18. The Kier molecular flexibility index (Phi) is 13.2. The number of hydrogen-bond donors (Lipinski definition) is 7. The van der Waals surface area contributed by atoms with Crippen LogP contribution in [0.5, 0.6) is 0 Å². The molecule has 0 heterocycles. The number of hydrogen-bond acceptors (Lipinski definition) is 12. The van der Waals surface area contributed by atoms with Gasteiger partial charge in [0.2, 0.25) is 5.91 Å². The predicted octanol–water partition coefficient (Wildman–Crippen LogP) is 2.14. The van der Waals surface area contributed by atoms with Crippen LogP contribution in [0.4, 0.5) is 11.4 Å². The van der Waals surface area contributed by atoms with Gasteiger partial charge in [-0.15, -0.1) is 0 Å². The fraction of sp³-hybridized carbons (Fsp3) is 0.500. The fourth-order valence-corrected chi connectivity index (χ4v) is 6.90. The van der Waals surface area contributed by atoms with E-state index in [2.05, 4.69) is 28.1 Å². The van der Waals surface area contributed by atoms with Crippen LogP contribution in [0.1, 0.15) is 25.7 Å². The van der Waals surface area contributed by atoms with Crippen LogP contribution in [0.15, 0.2) is 24.3 Å². The van der Waals surface area contributed by atoms with Gasteiger partial charge in [0.1, 0.15) is 0 Å². The van der Waals surface area contributed by atoms with Crippen LogP contribution in [0.2, 0.25) is 0 Å². The van der Waals surface area contributed by atoms with Gasteiger partial charge in [-0.05, 0) is 18.9 Å². The predicted molar refractivity (Wildman–Crippen MR) is 124 cm³/mol. The van der Waals surface area contributed by atoms with E-state index in [0.29, 0.717) is 31.5 Å². The van der Waals surface area contributed by atoms with E-state index in [1.54, 1.807) is 6.07 Å². The lowest BCUT2D eigenvalue weighted by Gasteiger charge is -2.18. The molecular weight excluding hydrogens is 590 g/mol. The summed E-state index contributed by atoms with van der Waals surface area (Å²) in [6, 6.07) is 5.63. The number of nitro groups is 1. The fourth-order valence-electron chi connectivity index (χ4n) is 2.41. The van der Waals surface area contributed by atoms with Crippen LogP contribution in [0.25, 0.3) is 0 Å². The zero-order valence-electron chi connectivity index (χ0n) is 18.7. The highest BCUT2D eigenvalue weighted by Gasteiger charge is 2.44. The zero-order chi connectivity index (χ0) is 28.3. The number of amides is 1. The van der Waals surface area contributed by atoms with Gasteiger partial charge in [-0.25, -0.2) is 18.3 Å². The van der Waals surface area contributed by atoms with Crippen LogP contribution >= 0.6 is 31.3 Å². The summed E-state index contributed by atoms with van der Waals surface area (Å²) in [4.78, 5) is 66.4. The first-order valence-corrected chi connectivity index (χ1v) is 16.0. The molecule has 0 bridgehead atoms. The van der Waals surface area contributed by atoms with Gasteiger partial charge in [0.25, 0.3) is 5.69 Å². The summed E-state index contributed by atoms with van der Waals surface area (Å²) in [5, 5.41) is 16.1.